The first kappa shape index (κ1) is 32.7. The summed E-state index contributed by atoms with van der Waals surface area (Å²) in [4.78, 5) is 29.5. The molecule has 0 aromatic heterocycles. The predicted molar refractivity (Wildman–Crippen MR) is 169 cm³/mol. The third-order valence-electron chi connectivity index (χ3n) is 7.84. The maximum absolute atomic E-state index is 14.4. The van der Waals surface area contributed by atoms with Gasteiger partial charge in [0.25, 0.3) is 10.0 Å². The van der Waals surface area contributed by atoms with E-state index >= 15 is 0 Å². The van der Waals surface area contributed by atoms with Gasteiger partial charge in [-0.15, -0.1) is 0 Å². The van der Waals surface area contributed by atoms with Crippen LogP contribution in [-0.4, -0.2) is 65.1 Å². The average Bonchev–Trinajstić information content (AvgIpc) is 3.56. The third kappa shape index (κ3) is 7.63. The Bertz CT molecular complexity index is 1530. The van der Waals surface area contributed by atoms with Crippen LogP contribution in [0.25, 0.3) is 0 Å². The fraction of sp³-hybridized carbons (Fsp3) is 0.394. The summed E-state index contributed by atoms with van der Waals surface area (Å²) < 4.78 is 45.7. The largest absolute Gasteiger partial charge is 0.497 e. The number of nitrogens with zero attached hydrogens (tertiary/aromatic N) is 2. The molecule has 1 fully saturated rings. The molecule has 0 unspecified atom stereocenters. The topological polar surface area (TPSA) is 114 Å². The Morgan fingerprint density at radius 2 is 1.57 bits per heavy atom. The summed E-state index contributed by atoms with van der Waals surface area (Å²) in [6, 6.07) is 19.1. The van der Waals surface area contributed by atoms with Crippen LogP contribution < -0.4 is 23.8 Å². The summed E-state index contributed by atoms with van der Waals surface area (Å²) in [5.41, 5.74) is 0.870. The molecule has 1 aliphatic rings. The van der Waals surface area contributed by atoms with E-state index in [-0.39, 0.29) is 34.8 Å². The number of methoxy groups -OCH3 is 3. The van der Waals surface area contributed by atoms with Gasteiger partial charge in [0.05, 0.1) is 31.9 Å². The maximum Gasteiger partial charge on any atom is 0.264 e. The number of hydrogen-bond donors (Lipinski definition) is 1. The molecule has 2 amide bonds. The first-order chi connectivity index (χ1) is 21.2. The molecule has 1 atom stereocenters. The number of sulfonamides is 1. The van der Waals surface area contributed by atoms with Gasteiger partial charge in [-0.2, -0.15) is 0 Å². The Labute approximate surface area is 260 Å². The molecule has 1 aliphatic carbocycles. The molecule has 1 N–H and O–H groups in total. The average molecular weight is 624 g/mol. The summed E-state index contributed by atoms with van der Waals surface area (Å²) in [6.45, 7) is 1.33. The van der Waals surface area contributed by atoms with Crippen LogP contribution in [0.4, 0.5) is 5.69 Å². The van der Waals surface area contributed by atoms with Gasteiger partial charge in [-0.3, -0.25) is 13.9 Å². The molecule has 3 aromatic carbocycles. The van der Waals surface area contributed by atoms with E-state index in [0.717, 1.165) is 35.6 Å². The smallest absolute Gasteiger partial charge is 0.264 e. The highest BCUT2D eigenvalue weighted by atomic mass is 32.2. The second kappa shape index (κ2) is 15.0. The van der Waals surface area contributed by atoms with E-state index in [4.69, 9.17) is 14.2 Å². The molecule has 0 radical (unpaired) electrons. The zero-order valence-electron chi connectivity index (χ0n) is 25.7. The van der Waals surface area contributed by atoms with Gasteiger partial charge in [-0.1, -0.05) is 50.1 Å². The number of nitrogens with one attached hydrogen (secondary N) is 1. The van der Waals surface area contributed by atoms with Crippen molar-refractivity contribution in [3.63, 3.8) is 0 Å². The molecule has 236 valence electrons. The lowest BCUT2D eigenvalue weighted by Crippen LogP contribution is -2.53. The number of carbonyl (C=O) groups excluding carboxylic acids is 2. The molecule has 11 heteroatoms. The molecule has 0 aliphatic heterocycles. The highest BCUT2D eigenvalue weighted by Gasteiger charge is 2.35. The minimum Gasteiger partial charge on any atom is -0.497 e. The Morgan fingerprint density at radius 1 is 0.886 bits per heavy atom. The van der Waals surface area contributed by atoms with E-state index in [9.17, 15) is 18.0 Å². The molecule has 0 bridgehead atoms. The molecule has 44 heavy (non-hydrogen) atoms. The van der Waals surface area contributed by atoms with Crippen molar-refractivity contribution in [2.75, 3.05) is 32.2 Å². The van der Waals surface area contributed by atoms with E-state index in [0.29, 0.717) is 17.9 Å². The number of ether oxygens (including phenoxy) is 3. The van der Waals surface area contributed by atoms with Gasteiger partial charge >= 0.3 is 0 Å². The van der Waals surface area contributed by atoms with Gasteiger partial charge in [-0.05, 0) is 61.2 Å². The van der Waals surface area contributed by atoms with Crippen molar-refractivity contribution in [1.82, 2.24) is 10.2 Å². The first-order valence-corrected chi connectivity index (χ1v) is 16.2. The molecule has 0 saturated heterocycles. The van der Waals surface area contributed by atoms with Gasteiger partial charge in [0.15, 0.2) is 0 Å². The fourth-order valence-electron chi connectivity index (χ4n) is 5.48. The summed E-state index contributed by atoms with van der Waals surface area (Å²) in [6.07, 6.45) is 4.21. The summed E-state index contributed by atoms with van der Waals surface area (Å²) in [5.74, 6) is 0.422. The predicted octanol–water partition coefficient (Wildman–Crippen LogP) is 4.77. The van der Waals surface area contributed by atoms with Gasteiger partial charge in [0.1, 0.15) is 29.8 Å². The van der Waals surface area contributed by atoms with Gasteiger partial charge in [-0.25, -0.2) is 8.42 Å². The molecular formula is C33H41N3O7S. The highest BCUT2D eigenvalue weighted by Crippen LogP contribution is 2.36. The number of hydrogen-bond acceptors (Lipinski definition) is 7. The van der Waals surface area contributed by atoms with Crippen molar-refractivity contribution in [3.05, 3.63) is 78.4 Å². The zero-order chi connectivity index (χ0) is 31.7. The Morgan fingerprint density at radius 3 is 2.20 bits per heavy atom. The van der Waals surface area contributed by atoms with Crippen molar-refractivity contribution >= 4 is 27.5 Å². The van der Waals surface area contributed by atoms with Crippen LogP contribution >= 0.6 is 0 Å². The van der Waals surface area contributed by atoms with Crippen LogP contribution in [0.3, 0.4) is 0 Å². The molecule has 0 heterocycles. The van der Waals surface area contributed by atoms with Crippen LogP contribution in [0.5, 0.6) is 17.2 Å². The normalized spacial score (nSPS) is 14.0. The number of benzene rings is 3. The van der Waals surface area contributed by atoms with E-state index in [1.807, 2.05) is 19.1 Å². The zero-order valence-corrected chi connectivity index (χ0v) is 26.5. The minimum atomic E-state index is -4.27. The minimum absolute atomic E-state index is 0.00281. The van der Waals surface area contributed by atoms with Gasteiger partial charge < -0.3 is 24.4 Å². The molecular weight excluding hydrogens is 582 g/mol. The Kier molecular flexibility index (Phi) is 11.1. The molecule has 10 nitrogen and oxygen atoms in total. The van der Waals surface area contributed by atoms with Crippen LogP contribution in [-0.2, 0) is 26.2 Å². The highest BCUT2D eigenvalue weighted by molar-refractivity contribution is 7.92. The summed E-state index contributed by atoms with van der Waals surface area (Å²) >= 11 is 0. The number of rotatable bonds is 14. The molecule has 1 saturated carbocycles. The lowest BCUT2D eigenvalue weighted by molar-refractivity contribution is -0.140. The van der Waals surface area contributed by atoms with Crippen molar-refractivity contribution in [2.24, 2.45) is 0 Å². The Hall–Kier alpha value is -4.25. The second-order valence-electron chi connectivity index (χ2n) is 10.6. The van der Waals surface area contributed by atoms with E-state index in [1.54, 1.807) is 49.6 Å². The van der Waals surface area contributed by atoms with Crippen molar-refractivity contribution in [3.8, 4) is 17.2 Å². The lowest BCUT2D eigenvalue weighted by atomic mass is 10.1. The summed E-state index contributed by atoms with van der Waals surface area (Å²) in [5, 5.41) is 3.12. The maximum atomic E-state index is 14.4. The van der Waals surface area contributed by atoms with Gasteiger partial charge in [0, 0.05) is 18.7 Å². The first-order valence-electron chi connectivity index (χ1n) is 14.7. The quantitative estimate of drug-likeness (QED) is 0.275. The van der Waals surface area contributed by atoms with E-state index < -0.39 is 28.5 Å². The number of carbonyl (C=O) groups is 2. The monoisotopic (exact) mass is 623 g/mol. The van der Waals surface area contributed by atoms with E-state index in [2.05, 4.69) is 5.32 Å². The van der Waals surface area contributed by atoms with Crippen LogP contribution in [0.15, 0.2) is 77.7 Å². The lowest BCUT2D eigenvalue weighted by Gasteiger charge is -2.34. The standard InChI is InChI=1S/C33H41N3O7S/c1-5-29(33(38)34-25-13-9-10-14-25)35(22-24-12-11-15-26(20-24)41-2)32(37)23-36(44(39,40)28-16-7-6-8-17-28)30-21-27(42-3)18-19-31(30)43-4/h6-8,11-12,15-21,25,29H,5,9-10,13-14,22-23H2,1-4H3,(H,34,38)/t29-/m1/s1. The second-order valence-corrected chi connectivity index (χ2v) is 12.5. The fourth-order valence-corrected chi connectivity index (χ4v) is 6.92. The van der Waals surface area contributed by atoms with Crippen LogP contribution in [0.2, 0.25) is 0 Å². The third-order valence-corrected chi connectivity index (χ3v) is 9.61. The number of anilines is 1. The van der Waals surface area contributed by atoms with Gasteiger partial charge in [0.2, 0.25) is 11.8 Å². The van der Waals surface area contributed by atoms with Crippen LogP contribution in [0, 0.1) is 0 Å². The van der Waals surface area contributed by atoms with E-state index in [1.165, 1.54) is 37.3 Å². The van der Waals surface area contributed by atoms with Crippen molar-refractivity contribution < 1.29 is 32.2 Å². The molecule has 0 spiro atoms. The molecule has 4 rings (SSSR count). The Balaban J connectivity index is 1.78. The van der Waals surface area contributed by atoms with Crippen molar-refractivity contribution in [1.29, 1.82) is 0 Å². The molecule has 3 aromatic rings. The SMILES string of the molecule is CC[C@H](C(=O)NC1CCCC1)N(Cc1cccc(OC)c1)C(=O)CN(c1cc(OC)ccc1OC)S(=O)(=O)c1ccccc1. The summed E-state index contributed by atoms with van der Waals surface area (Å²) in [7, 11) is 0.186. The van der Waals surface area contributed by atoms with Crippen molar-refractivity contribution in [2.45, 2.75) is 62.6 Å². The van der Waals surface area contributed by atoms with Crippen LogP contribution in [0.1, 0.15) is 44.6 Å². The number of amides is 2.